The van der Waals surface area contributed by atoms with E-state index in [4.69, 9.17) is 14.4 Å². The number of nitrogens with zero attached hydrogens (tertiary/aromatic N) is 3. The molecular formula is C42H27N3O. The van der Waals surface area contributed by atoms with Gasteiger partial charge in [0.15, 0.2) is 11.4 Å². The first-order valence-corrected chi connectivity index (χ1v) is 15.4. The van der Waals surface area contributed by atoms with Crippen LogP contribution in [0, 0.1) is 0 Å². The van der Waals surface area contributed by atoms with E-state index in [1.807, 2.05) is 48.5 Å². The fourth-order valence-electron chi connectivity index (χ4n) is 6.39. The minimum Gasteiger partial charge on any atom is -0.438 e. The van der Waals surface area contributed by atoms with Gasteiger partial charge in [-0.2, -0.15) is 0 Å². The van der Waals surface area contributed by atoms with Gasteiger partial charge in [0.25, 0.3) is 0 Å². The molecular weight excluding hydrogens is 562 g/mol. The maximum absolute atomic E-state index is 6.42. The van der Waals surface area contributed by atoms with E-state index >= 15 is 0 Å². The van der Waals surface area contributed by atoms with Crippen LogP contribution in [0.3, 0.4) is 0 Å². The predicted octanol–water partition coefficient (Wildman–Crippen LogP) is 11.0. The Labute approximate surface area is 265 Å². The summed E-state index contributed by atoms with van der Waals surface area (Å²) in [6.45, 7) is 0. The molecule has 9 rings (SSSR count). The van der Waals surface area contributed by atoms with Crippen LogP contribution in [0.4, 0.5) is 0 Å². The molecule has 6 aromatic carbocycles. The van der Waals surface area contributed by atoms with Gasteiger partial charge < -0.3 is 4.42 Å². The molecule has 0 N–H and O–H groups in total. The van der Waals surface area contributed by atoms with E-state index in [1.54, 1.807) is 0 Å². The molecule has 0 saturated heterocycles. The van der Waals surface area contributed by atoms with Crippen LogP contribution in [0.25, 0.3) is 83.9 Å². The first kappa shape index (κ1) is 26.2. The highest BCUT2D eigenvalue weighted by atomic mass is 16.3. The third-order valence-corrected chi connectivity index (χ3v) is 8.66. The monoisotopic (exact) mass is 589 g/mol. The molecule has 0 saturated carbocycles. The van der Waals surface area contributed by atoms with Crippen LogP contribution in [0.1, 0.15) is 0 Å². The van der Waals surface area contributed by atoms with Crippen molar-refractivity contribution in [3.05, 3.63) is 164 Å². The van der Waals surface area contributed by atoms with E-state index in [9.17, 15) is 0 Å². The molecule has 0 spiro atoms. The lowest BCUT2D eigenvalue weighted by Gasteiger charge is -2.10. The molecule has 4 nitrogen and oxygen atoms in total. The molecule has 0 bridgehead atoms. The number of hydrogen-bond acceptors (Lipinski definition) is 3. The van der Waals surface area contributed by atoms with Crippen molar-refractivity contribution in [2.75, 3.05) is 0 Å². The Kier molecular flexibility index (Phi) is 6.10. The fourth-order valence-corrected chi connectivity index (χ4v) is 6.39. The number of fused-ring (bicyclic) bond motifs is 5. The van der Waals surface area contributed by atoms with Gasteiger partial charge in [0, 0.05) is 22.1 Å². The maximum Gasteiger partial charge on any atom is 0.213 e. The van der Waals surface area contributed by atoms with E-state index in [0.717, 1.165) is 72.7 Å². The molecule has 4 heteroatoms. The summed E-state index contributed by atoms with van der Waals surface area (Å²) in [4.78, 5) is 9.91. The number of rotatable bonds is 5. The molecule has 216 valence electrons. The van der Waals surface area contributed by atoms with E-state index in [2.05, 4.69) is 120 Å². The van der Waals surface area contributed by atoms with Crippen molar-refractivity contribution in [3.8, 4) is 56.2 Å². The number of para-hydroxylation sites is 3. The topological polar surface area (TPSA) is 43.3 Å². The Morgan fingerprint density at radius 3 is 1.59 bits per heavy atom. The first-order valence-electron chi connectivity index (χ1n) is 15.4. The second-order valence-electron chi connectivity index (χ2n) is 11.5. The summed E-state index contributed by atoms with van der Waals surface area (Å²) >= 11 is 0. The van der Waals surface area contributed by atoms with Gasteiger partial charge in [0.2, 0.25) is 5.71 Å². The molecule has 46 heavy (non-hydrogen) atoms. The Morgan fingerprint density at radius 2 is 0.913 bits per heavy atom. The molecule has 0 aliphatic rings. The molecule has 0 atom stereocenters. The van der Waals surface area contributed by atoms with Crippen LogP contribution in [-0.4, -0.2) is 14.4 Å². The Bertz CT molecular complexity index is 2430. The molecule has 0 fully saturated rings. The Balaban J connectivity index is 1.08. The summed E-state index contributed by atoms with van der Waals surface area (Å²) in [6, 6.07) is 56.6. The zero-order valence-electron chi connectivity index (χ0n) is 24.8. The van der Waals surface area contributed by atoms with Crippen LogP contribution in [0.5, 0.6) is 0 Å². The summed E-state index contributed by atoms with van der Waals surface area (Å²) in [5, 5.41) is 1.18. The average molecular weight is 590 g/mol. The van der Waals surface area contributed by atoms with Crippen LogP contribution >= 0.6 is 0 Å². The van der Waals surface area contributed by atoms with Crippen molar-refractivity contribution in [1.29, 1.82) is 0 Å². The number of benzene rings is 6. The maximum atomic E-state index is 6.42. The number of aromatic nitrogens is 3. The molecule has 0 radical (unpaired) electrons. The molecule has 0 unspecified atom stereocenters. The molecule has 3 aromatic heterocycles. The lowest BCUT2D eigenvalue weighted by Crippen LogP contribution is -1.95. The van der Waals surface area contributed by atoms with Gasteiger partial charge in [-0.1, -0.05) is 140 Å². The Hall–Kier alpha value is -6.26. The van der Waals surface area contributed by atoms with Crippen LogP contribution in [0.2, 0.25) is 0 Å². The molecule has 0 aliphatic heterocycles. The second kappa shape index (κ2) is 10.7. The largest absolute Gasteiger partial charge is 0.438 e. The smallest absolute Gasteiger partial charge is 0.213 e. The van der Waals surface area contributed by atoms with Gasteiger partial charge in [0.05, 0.1) is 28.0 Å². The van der Waals surface area contributed by atoms with Crippen molar-refractivity contribution >= 4 is 27.7 Å². The average Bonchev–Trinajstić information content (AvgIpc) is 3.67. The third kappa shape index (κ3) is 4.39. The minimum absolute atomic E-state index is 0.716. The van der Waals surface area contributed by atoms with E-state index in [-0.39, 0.29) is 0 Å². The normalized spacial score (nSPS) is 11.5. The van der Waals surface area contributed by atoms with Crippen LogP contribution in [-0.2, 0) is 0 Å². The lowest BCUT2D eigenvalue weighted by molar-refractivity contribution is 0.658. The SMILES string of the molecule is c1ccc(-c2cc(-c3ccc(-c4ccc(-c5c6ccccc6n6c5oc5ccccc56)cc4)cc3)nc(-c3ccccc3)n2)cc1. The Morgan fingerprint density at radius 1 is 0.413 bits per heavy atom. The van der Waals surface area contributed by atoms with Gasteiger partial charge in [-0.05, 0) is 41.0 Å². The summed E-state index contributed by atoms with van der Waals surface area (Å²) in [5.74, 6) is 0.716. The van der Waals surface area contributed by atoms with E-state index in [0.29, 0.717) is 5.82 Å². The zero-order chi connectivity index (χ0) is 30.5. The first-order chi connectivity index (χ1) is 22.8. The summed E-state index contributed by atoms with van der Waals surface area (Å²) < 4.78 is 8.65. The molecule has 0 aliphatic carbocycles. The van der Waals surface area contributed by atoms with Crippen molar-refractivity contribution in [2.24, 2.45) is 0 Å². The fraction of sp³-hybridized carbons (Fsp3) is 0. The highest BCUT2D eigenvalue weighted by Gasteiger charge is 2.19. The van der Waals surface area contributed by atoms with Crippen LogP contribution in [0.15, 0.2) is 168 Å². The van der Waals surface area contributed by atoms with Gasteiger partial charge in [-0.3, -0.25) is 4.40 Å². The molecule has 3 heterocycles. The van der Waals surface area contributed by atoms with Gasteiger partial charge in [-0.15, -0.1) is 0 Å². The molecule has 9 aromatic rings. The standard InChI is InChI=1S/C42H27N3O/c1-3-11-30(12-4-1)35-27-36(44-41(43-35)33-13-5-2-6-14-33)31-23-19-28(20-24-31)29-21-25-32(26-22-29)40-34-15-7-8-16-37(34)45-38-17-9-10-18-39(38)46-42(40)45/h1-27H. The van der Waals surface area contributed by atoms with Gasteiger partial charge in [0.1, 0.15) is 0 Å². The van der Waals surface area contributed by atoms with E-state index in [1.165, 1.54) is 5.39 Å². The quantitative estimate of drug-likeness (QED) is 0.201. The number of oxazole rings is 1. The minimum atomic E-state index is 0.716. The lowest BCUT2D eigenvalue weighted by atomic mass is 9.98. The summed E-state index contributed by atoms with van der Waals surface area (Å²) in [5.41, 5.74) is 13.4. The zero-order valence-corrected chi connectivity index (χ0v) is 24.8. The highest BCUT2D eigenvalue weighted by molar-refractivity contribution is 6.07. The second-order valence-corrected chi connectivity index (χ2v) is 11.5. The third-order valence-electron chi connectivity index (χ3n) is 8.66. The summed E-state index contributed by atoms with van der Waals surface area (Å²) in [7, 11) is 0. The van der Waals surface area contributed by atoms with Gasteiger partial charge in [-0.25, -0.2) is 9.97 Å². The molecule has 0 amide bonds. The van der Waals surface area contributed by atoms with E-state index < -0.39 is 0 Å². The van der Waals surface area contributed by atoms with Crippen molar-refractivity contribution in [3.63, 3.8) is 0 Å². The van der Waals surface area contributed by atoms with Crippen molar-refractivity contribution < 1.29 is 4.42 Å². The van der Waals surface area contributed by atoms with Crippen molar-refractivity contribution in [2.45, 2.75) is 0 Å². The van der Waals surface area contributed by atoms with Crippen molar-refractivity contribution in [1.82, 2.24) is 14.4 Å². The number of hydrogen-bond donors (Lipinski definition) is 0. The van der Waals surface area contributed by atoms with Gasteiger partial charge >= 0.3 is 0 Å². The van der Waals surface area contributed by atoms with Crippen LogP contribution < -0.4 is 0 Å². The highest BCUT2D eigenvalue weighted by Crippen LogP contribution is 2.39. The summed E-state index contributed by atoms with van der Waals surface area (Å²) in [6.07, 6.45) is 0. The predicted molar refractivity (Wildman–Crippen MR) is 187 cm³/mol.